The summed E-state index contributed by atoms with van der Waals surface area (Å²) in [5.74, 6) is -1.24. The second-order valence-corrected chi connectivity index (χ2v) is 14.2. The number of aliphatic carboxylic acids is 1. The molecule has 0 radical (unpaired) electrons. The number of hydrogen-bond acceptors (Lipinski definition) is 4. The molecular weight excluding hydrogens is 693 g/mol. The highest BCUT2D eigenvalue weighted by Gasteiger charge is 2.19. The Morgan fingerprint density at radius 3 is 1.24 bits per heavy atom. The van der Waals surface area contributed by atoms with E-state index in [-0.39, 0.29) is 5.57 Å². The number of benzene rings is 7. The molecule has 8 aromatic rings. The summed E-state index contributed by atoms with van der Waals surface area (Å²) in [6.45, 7) is 0. The highest BCUT2D eigenvalue weighted by molar-refractivity contribution is 7.16. The van der Waals surface area contributed by atoms with Crippen molar-refractivity contribution in [1.82, 2.24) is 0 Å². The standard InChI is InChI=1S/C50H34N2O2S/c51-34-44(50(53)54)33-48-25-26-49(55-48)39-21-23-45(24-22-39)52(46-29-40(35-13-5-1-6-14-35)27-41(30-46)36-15-7-2-8-16-36)47-31-42(37-17-9-3-10-18-37)28-43(32-47)38-19-11-4-12-20-38/h1-33H,(H,53,54)/b44-33+. The molecule has 1 N–H and O–H groups in total. The number of hydrogen-bond donors (Lipinski definition) is 1. The molecule has 0 unspecified atom stereocenters. The zero-order valence-corrected chi connectivity index (χ0v) is 30.5. The van der Waals surface area contributed by atoms with E-state index in [1.54, 1.807) is 6.07 Å². The molecule has 55 heavy (non-hydrogen) atoms. The summed E-state index contributed by atoms with van der Waals surface area (Å²) in [5.41, 5.74) is 12.7. The predicted octanol–water partition coefficient (Wildman–Crippen LogP) is 13.5. The van der Waals surface area contributed by atoms with Gasteiger partial charge in [-0.15, -0.1) is 11.3 Å². The zero-order valence-electron chi connectivity index (χ0n) is 29.7. The van der Waals surface area contributed by atoms with Crippen molar-refractivity contribution in [3.63, 3.8) is 0 Å². The minimum atomic E-state index is -1.24. The summed E-state index contributed by atoms with van der Waals surface area (Å²) in [4.78, 5) is 15.5. The summed E-state index contributed by atoms with van der Waals surface area (Å²) < 4.78 is 0. The Bertz CT molecular complexity index is 2420. The monoisotopic (exact) mass is 726 g/mol. The molecule has 0 aliphatic heterocycles. The minimum Gasteiger partial charge on any atom is -0.477 e. The summed E-state index contributed by atoms with van der Waals surface area (Å²) in [6, 6.07) is 69.6. The Morgan fingerprint density at radius 1 is 0.473 bits per heavy atom. The van der Waals surface area contributed by atoms with Gasteiger partial charge in [-0.2, -0.15) is 5.26 Å². The van der Waals surface area contributed by atoms with Crippen LogP contribution in [0.4, 0.5) is 17.1 Å². The highest BCUT2D eigenvalue weighted by atomic mass is 32.1. The molecule has 4 nitrogen and oxygen atoms in total. The molecule has 7 aromatic carbocycles. The average Bonchev–Trinajstić information content (AvgIpc) is 3.73. The minimum absolute atomic E-state index is 0.292. The molecule has 1 aromatic heterocycles. The van der Waals surface area contributed by atoms with Crippen molar-refractivity contribution in [1.29, 1.82) is 5.26 Å². The van der Waals surface area contributed by atoms with E-state index in [0.29, 0.717) is 4.88 Å². The van der Waals surface area contributed by atoms with E-state index in [9.17, 15) is 15.2 Å². The van der Waals surface area contributed by atoms with Crippen LogP contribution in [0, 0.1) is 11.3 Å². The third-order valence-corrected chi connectivity index (χ3v) is 10.5. The Kier molecular flexibility index (Phi) is 9.98. The maximum atomic E-state index is 11.5. The van der Waals surface area contributed by atoms with Gasteiger partial charge in [0, 0.05) is 26.8 Å². The molecule has 0 amide bonds. The van der Waals surface area contributed by atoms with Crippen LogP contribution in [0.5, 0.6) is 0 Å². The van der Waals surface area contributed by atoms with Gasteiger partial charge in [0.1, 0.15) is 11.6 Å². The van der Waals surface area contributed by atoms with Crippen molar-refractivity contribution < 1.29 is 9.90 Å². The number of nitriles is 1. The lowest BCUT2D eigenvalue weighted by Crippen LogP contribution is -2.11. The topological polar surface area (TPSA) is 64.3 Å². The molecule has 0 aliphatic carbocycles. The maximum Gasteiger partial charge on any atom is 0.346 e. The van der Waals surface area contributed by atoms with Crippen LogP contribution in [-0.2, 0) is 4.79 Å². The largest absolute Gasteiger partial charge is 0.477 e. The van der Waals surface area contributed by atoms with Crippen molar-refractivity contribution in [2.45, 2.75) is 0 Å². The fourth-order valence-corrected chi connectivity index (χ4v) is 7.72. The number of thiophene rings is 1. The van der Waals surface area contributed by atoms with Crippen LogP contribution in [0.2, 0.25) is 0 Å². The lowest BCUT2D eigenvalue weighted by molar-refractivity contribution is -0.132. The second kappa shape index (κ2) is 15.8. The van der Waals surface area contributed by atoms with Gasteiger partial charge in [0.15, 0.2) is 0 Å². The van der Waals surface area contributed by atoms with E-state index in [0.717, 1.165) is 72.0 Å². The molecule has 0 fully saturated rings. The predicted molar refractivity (Wildman–Crippen MR) is 227 cm³/mol. The van der Waals surface area contributed by atoms with Gasteiger partial charge in [0.25, 0.3) is 0 Å². The molecule has 0 saturated carbocycles. The van der Waals surface area contributed by atoms with E-state index in [4.69, 9.17) is 0 Å². The Hall–Kier alpha value is -7.26. The number of rotatable bonds is 10. The molecule has 0 aliphatic rings. The molecule has 262 valence electrons. The Balaban J connectivity index is 1.33. The number of anilines is 3. The molecule has 0 saturated heterocycles. The SMILES string of the molecule is N#C/C(=C\c1ccc(-c2ccc(N(c3cc(-c4ccccc4)cc(-c4ccccc4)c3)c3cc(-c4ccccc4)cc(-c4ccccc4)c3)cc2)s1)C(=O)O. The van der Waals surface area contributed by atoms with Gasteiger partial charge in [0.2, 0.25) is 0 Å². The number of nitrogens with zero attached hydrogens (tertiary/aromatic N) is 2. The van der Waals surface area contributed by atoms with Gasteiger partial charge in [-0.25, -0.2) is 4.79 Å². The lowest BCUT2D eigenvalue weighted by atomic mass is 9.95. The second-order valence-electron chi connectivity index (χ2n) is 13.1. The van der Waals surface area contributed by atoms with E-state index in [1.165, 1.54) is 17.4 Å². The molecule has 0 spiro atoms. The molecular formula is C50H34N2O2S. The van der Waals surface area contributed by atoms with E-state index in [2.05, 4.69) is 163 Å². The normalized spacial score (nSPS) is 11.1. The summed E-state index contributed by atoms with van der Waals surface area (Å²) >= 11 is 1.45. The van der Waals surface area contributed by atoms with Crippen LogP contribution in [0.3, 0.4) is 0 Å². The van der Waals surface area contributed by atoms with E-state index in [1.807, 2.05) is 36.4 Å². The van der Waals surface area contributed by atoms with Crippen LogP contribution in [0.15, 0.2) is 200 Å². The van der Waals surface area contributed by atoms with Gasteiger partial charge in [-0.05, 0) is 117 Å². The summed E-state index contributed by atoms with van der Waals surface area (Å²) in [7, 11) is 0. The van der Waals surface area contributed by atoms with E-state index < -0.39 is 5.97 Å². The van der Waals surface area contributed by atoms with Gasteiger partial charge >= 0.3 is 5.97 Å². The van der Waals surface area contributed by atoms with Crippen LogP contribution < -0.4 is 4.90 Å². The van der Waals surface area contributed by atoms with Crippen LogP contribution in [0.25, 0.3) is 61.0 Å². The smallest absolute Gasteiger partial charge is 0.346 e. The fourth-order valence-electron chi connectivity index (χ4n) is 6.76. The van der Waals surface area contributed by atoms with Gasteiger partial charge in [-0.1, -0.05) is 133 Å². The summed E-state index contributed by atoms with van der Waals surface area (Å²) in [5, 5.41) is 18.6. The van der Waals surface area contributed by atoms with Crippen molar-refractivity contribution >= 4 is 40.4 Å². The van der Waals surface area contributed by atoms with Gasteiger partial charge < -0.3 is 10.0 Å². The van der Waals surface area contributed by atoms with Gasteiger partial charge in [0.05, 0.1) is 0 Å². The van der Waals surface area contributed by atoms with Crippen LogP contribution in [0.1, 0.15) is 4.88 Å². The summed E-state index contributed by atoms with van der Waals surface area (Å²) in [6.07, 6.45) is 1.42. The first kappa shape index (κ1) is 34.8. The van der Waals surface area contributed by atoms with Crippen LogP contribution >= 0.6 is 11.3 Å². The van der Waals surface area contributed by atoms with Gasteiger partial charge in [-0.3, -0.25) is 0 Å². The molecule has 1 heterocycles. The number of carboxylic acid groups (broad SMARTS) is 1. The first-order valence-electron chi connectivity index (χ1n) is 17.9. The molecule has 0 bridgehead atoms. The Morgan fingerprint density at radius 2 is 0.873 bits per heavy atom. The number of carbonyl (C=O) groups is 1. The third-order valence-electron chi connectivity index (χ3n) is 9.45. The molecule has 0 atom stereocenters. The first-order valence-corrected chi connectivity index (χ1v) is 18.7. The third kappa shape index (κ3) is 7.77. The molecule has 8 rings (SSSR count). The fraction of sp³-hybridized carbons (Fsp3) is 0. The lowest BCUT2D eigenvalue weighted by Gasteiger charge is -2.28. The highest BCUT2D eigenvalue weighted by Crippen LogP contribution is 2.43. The van der Waals surface area contributed by atoms with Crippen molar-refractivity contribution in [2.75, 3.05) is 4.90 Å². The van der Waals surface area contributed by atoms with E-state index >= 15 is 0 Å². The first-order chi connectivity index (χ1) is 27.0. The Labute approximate surface area is 324 Å². The molecule has 5 heteroatoms. The van der Waals surface area contributed by atoms with Crippen molar-refractivity contribution in [3.8, 4) is 61.0 Å². The van der Waals surface area contributed by atoms with Crippen molar-refractivity contribution in [2.24, 2.45) is 0 Å². The quantitative estimate of drug-likeness (QED) is 0.113. The zero-order chi connectivity index (χ0) is 37.6. The average molecular weight is 727 g/mol. The number of carboxylic acids is 1. The van der Waals surface area contributed by atoms with Crippen LogP contribution in [-0.4, -0.2) is 11.1 Å². The van der Waals surface area contributed by atoms with Crippen molar-refractivity contribution in [3.05, 3.63) is 205 Å². The maximum absolute atomic E-state index is 11.5.